The standard InChI is InChI=1S/C16H19NOS/c1-16(2,12-5-7-13(17)8-6-12)15(18)10-9-14-4-3-11-19-14/h3-8,11H,9-10,17H2,1-2H3. The molecule has 0 saturated carbocycles. The number of thiophene rings is 1. The van der Waals surface area contributed by atoms with Crippen LogP contribution in [0.3, 0.4) is 0 Å². The first-order chi connectivity index (χ1) is 9.00. The molecule has 0 spiro atoms. The highest BCUT2D eigenvalue weighted by molar-refractivity contribution is 7.09. The number of hydrogen-bond acceptors (Lipinski definition) is 3. The van der Waals surface area contributed by atoms with Crippen molar-refractivity contribution in [1.82, 2.24) is 0 Å². The number of hydrogen-bond donors (Lipinski definition) is 1. The van der Waals surface area contributed by atoms with Crippen molar-refractivity contribution in [1.29, 1.82) is 0 Å². The number of nitrogen functional groups attached to an aromatic ring is 1. The number of Topliss-reactive ketones (excluding diaryl/α,β-unsaturated/α-hetero) is 1. The van der Waals surface area contributed by atoms with Crippen molar-refractivity contribution in [2.45, 2.75) is 32.1 Å². The van der Waals surface area contributed by atoms with E-state index in [2.05, 4.69) is 6.07 Å². The SMILES string of the molecule is CC(C)(C(=O)CCc1cccs1)c1ccc(N)cc1. The highest BCUT2D eigenvalue weighted by Gasteiger charge is 2.28. The maximum absolute atomic E-state index is 12.4. The van der Waals surface area contributed by atoms with Crippen LogP contribution in [0.1, 0.15) is 30.7 Å². The van der Waals surface area contributed by atoms with Gasteiger partial charge in [0.2, 0.25) is 0 Å². The van der Waals surface area contributed by atoms with Crippen molar-refractivity contribution < 1.29 is 4.79 Å². The first-order valence-electron chi connectivity index (χ1n) is 6.42. The van der Waals surface area contributed by atoms with Gasteiger partial charge in [-0.2, -0.15) is 0 Å². The molecular weight excluding hydrogens is 254 g/mol. The predicted molar refractivity (Wildman–Crippen MR) is 81.5 cm³/mol. The number of carbonyl (C=O) groups excluding carboxylic acids is 1. The fraction of sp³-hybridized carbons (Fsp3) is 0.312. The van der Waals surface area contributed by atoms with Crippen molar-refractivity contribution in [2.75, 3.05) is 5.73 Å². The second-order valence-electron chi connectivity index (χ2n) is 5.25. The number of rotatable bonds is 5. The lowest BCUT2D eigenvalue weighted by atomic mass is 9.79. The minimum absolute atomic E-state index is 0.269. The summed E-state index contributed by atoms with van der Waals surface area (Å²) in [6.07, 6.45) is 1.41. The zero-order chi connectivity index (χ0) is 13.9. The van der Waals surface area contributed by atoms with E-state index in [0.717, 1.165) is 17.7 Å². The van der Waals surface area contributed by atoms with E-state index < -0.39 is 5.41 Å². The van der Waals surface area contributed by atoms with Crippen molar-refractivity contribution >= 4 is 22.8 Å². The van der Waals surface area contributed by atoms with E-state index in [1.54, 1.807) is 11.3 Å². The quantitative estimate of drug-likeness (QED) is 0.842. The van der Waals surface area contributed by atoms with Crippen molar-refractivity contribution in [3.8, 4) is 0 Å². The summed E-state index contributed by atoms with van der Waals surface area (Å²) in [7, 11) is 0. The summed E-state index contributed by atoms with van der Waals surface area (Å²) in [5.74, 6) is 0.269. The molecule has 0 radical (unpaired) electrons. The smallest absolute Gasteiger partial charge is 0.143 e. The van der Waals surface area contributed by atoms with Crippen LogP contribution in [0, 0.1) is 0 Å². The molecule has 2 rings (SSSR count). The number of benzene rings is 1. The molecule has 1 heterocycles. The van der Waals surface area contributed by atoms with Gasteiger partial charge in [0.15, 0.2) is 0 Å². The molecule has 0 aliphatic carbocycles. The average molecular weight is 273 g/mol. The van der Waals surface area contributed by atoms with Crippen molar-refractivity contribution in [2.24, 2.45) is 0 Å². The van der Waals surface area contributed by atoms with Gasteiger partial charge in [-0.3, -0.25) is 4.79 Å². The highest BCUT2D eigenvalue weighted by Crippen LogP contribution is 2.27. The Hall–Kier alpha value is -1.61. The molecule has 2 aromatic rings. The van der Waals surface area contributed by atoms with Gasteiger partial charge >= 0.3 is 0 Å². The lowest BCUT2D eigenvalue weighted by Crippen LogP contribution is -2.29. The molecule has 0 amide bonds. The zero-order valence-corrected chi connectivity index (χ0v) is 12.2. The normalized spacial score (nSPS) is 11.5. The van der Waals surface area contributed by atoms with Crippen LogP contribution in [-0.4, -0.2) is 5.78 Å². The van der Waals surface area contributed by atoms with Gasteiger partial charge in [-0.25, -0.2) is 0 Å². The molecule has 2 N–H and O–H groups in total. The Balaban J connectivity index is 2.06. The molecule has 100 valence electrons. The zero-order valence-electron chi connectivity index (χ0n) is 11.3. The molecule has 2 nitrogen and oxygen atoms in total. The van der Waals surface area contributed by atoms with Gasteiger partial charge in [0, 0.05) is 22.4 Å². The van der Waals surface area contributed by atoms with Crippen LogP contribution < -0.4 is 5.73 Å². The summed E-state index contributed by atoms with van der Waals surface area (Å²) < 4.78 is 0. The van der Waals surface area contributed by atoms with Gasteiger partial charge in [-0.1, -0.05) is 18.2 Å². The third kappa shape index (κ3) is 3.24. The molecule has 0 unspecified atom stereocenters. The number of anilines is 1. The third-order valence-corrected chi connectivity index (χ3v) is 4.44. The van der Waals surface area contributed by atoms with Crippen LogP contribution in [0.25, 0.3) is 0 Å². The Bertz CT molecular complexity index is 541. The summed E-state index contributed by atoms with van der Waals surface area (Å²) in [6, 6.07) is 11.7. The second kappa shape index (κ2) is 5.57. The van der Waals surface area contributed by atoms with Gasteiger partial charge in [0.1, 0.15) is 5.78 Å². The van der Waals surface area contributed by atoms with E-state index in [1.165, 1.54) is 4.88 Å². The fourth-order valence-corrected chi connectivity index (χ4v) is 2.77. The molecule has 0 fully saturated rings. The molecule has 1 aromatic heterocycles. The maximum Gasteiger partial charge on any atom is 0.143 e. The molecule has 3 heteroatoms. The van der Waals surface area contributed by atoms with Crippen LogP contribution >= 0.6 is 11.3 Å². The van der Waals surface area contributed by atoms with Gasteiger partial charge in [-0.05, 0) is 49.4 Å². The topological polar surface area (TPSA) is 43.1 Å². The van der Waals surface area contributed by atoms with Gasteiger partial charge in [-0.15, -0.1) is 11.3 Å². The monoisotopic (exact) mass is 273 g/mol. The highest BCUT2D eigenvalue weighted by atomic mass is 32.1. The van der Waals surface area contributed by atoms with E-state index in [1.807, 2.05) is 49.6 Å². The Morgan fingerprint density at radius 1 is 1.21 bits per heavy atom. The minimum atomic E-state index is -0.453. The molecule has 0 aliphatic heterocycles. The number of ketones is 1. The van der Waals surface area contributed by atoms with Crippen LogP contribution in [0.2, 0.25) is 0 Å². The summed E-state index contributed by atoms with van der Waals surface area (Å²) in [4.78, 5) is 13.7. The van der Waals surface area contributed by atoms with E-state index in [9.17, 15) is 4.79 Å². The average Bonchev–Trinajstić information content (AvgIpc) is 2.89. The third-order valence-electron chi connectivity index (χ3n) is 3.51. The van der Waals surface area contributed by atoms with Crippen LogP contribution in [0.5, 0.6) is 0 Å². The van der Waals surface area contributed by atoms with Crippen molar-refractivity contribution in [3.63, 3.8) is 0 Å². The van der Waals surface area contributed by atoms with E-state index >= 15 is 0 Å². The number of nitrogens with two attached hydrogens (primary N) is 1. The van der Waals surface area contributed by atoms with E-state index in [-0.39, 0.29) is 5.78 Å². The van der Waals surface area contributed by atoms with Crippen LogP contribution in [0.4, 0.5) is 5.69 Å². The first kappa shape index (κ1) is 13.8. The minimum Gasteiger partial charge on any atom is -0.399 e. The van der Waals surface area contributed by atoms with Crippen molar-refractivity contribution in [3.05, 3.63) is 52.2 Å². The molecule has 0 saturated heterocycles. The number of aryl methyl sites for hydroxylation is 1. The molecule has 0 atom stereocenters. The largest absolute Gasteiger partial charge is 0.399 e. The Morgan fingerprint density at radius 2 is 1.89 bits per heavy atom. The van der Waals surface area contributed by atoms with E-state index in [4.69, 9.17) is 5.73 Å². The lowest BCUT2D eigenvalue weighted by Gasteiger charge is -2.23. The van der Waals surface area contributed by atoms with Crippen LogP contribution in [-0.2, 0) is 16.6 Å². The molecule has 0 bridgehead atoms. The molecule has 19 heavy (non-hydrogen) atoms. The molecule has 0 aliphatic rings. The van der Waals surface area contributed by atoms with Gasteiger partial charge in [0.05, 0.1) is 0 Å². The predicted octanol–water partition coefficient (Wildman–Crippen LogP) is 3.81. The Morgan fingerprint density at radius 3 is 2.47 bits per heavy atom. The fourth-order valence-electron chi connectivity index (χ4n) is 2.06. The summed E-state index contributed by atoms with van der Waals surface area (Å²) in [5.41, 5.74) is 6.99. The number of carbonyl (C=O) groups is 1. The van der Waals surface area contributed by atoms with Gasteiger partial charge in [0.25, 0.3) is 0 Å². The summed E-state index contributed by atoms with van der Waals surface area (Å²) >= 11 is 1.70. The summed E-state index contributed by atoms with van der Waals surface area (Å²) in [6.45, 7) is 3.96. The van der Waals surface area contributed by atoms with Gasteiger partial charge < -0.3 is 5.73 Å². The summed E-state index contributed by atoms with van der Waals surface area (Å²) in [5, 5.41) is 2.05. The Kier molecular flexibility index (Phi) is 4.05. The second-order valence-corrected chi connectivity index (χ2v) is 6.28. The molecular formula is C16H19NOS. The molecule has 1 aromatic carbocycles. The van der Waals surface area contributed by atoms with Crippen LogP contribution in [0.15, 0.2) is 41.8 Å². The maximum atomic E-state index is 12.4. The lowest BCUT2D eigenvalue weighted by molar-refractivity contribution is -0.123. The first-order valence-corrected chi connectivity index (χ1v) is 7.30. The van der Waals surface area contributed by atoms with E-state index in [0.29, 0.717) is 6.42 Å². The Labute approximate surface area is 118 Å².